The van der Waals surface area contributed by atoms with Gasteiger partial charge >= 0.3 is 5.97 Å². The number of sulfonamides is 1. The van der Waals surface area contributed by atoms with Crippen molar-refractivity contribution < 1.29 is 22.7 Å². The Hall–Kier alpha value is -2.88. The highest BCUT2D eigenvalue weighted by Gasteiger charge is 2.28. The van der Waals surface area contributed by atoms with Crippen LogP contribution in [0.25, 0.3) is 0 Å². The predicted molar refractivity (Wildman–Crippen MR) is 138 cm³/mol. The van der Waals surface area contributed by atoms with E-state index in [9.17, 15) is 18.0 Å². The molecule has 2 N–H and O–H groups in total. The average Bonchev–Trinajstić information content (AvgIpc) is 3.17. The Morgan fingerprint density at radius 1 is 1.09 bits per heavy atom. The Kier molecular flexibility index (Phi) is 7.49. The first kappa shape index (κ1) is 25.2. The first-order chi connectivity index (χ1) is 16.7. The van der Waals surface area contributed by atoms with Gasteiger partial charge in [0, 0.05) is 9.90 Å². The van der Waals surface area contributed by atoms with Gasteiger partial charge in [0.1, 0.15) is 5.00 Å². The number of rotatable bonds is 7. The van der Waals surface area contributed by atoms with Gasteiger partial charge in [-0.3, -0.25) is 9.52 Å². The molecule has 0 saturated carbocycles. The molecule has 0 unspecified atom stereocenters. The van der Waals surface area contributed by atoms with E-state index in [-0.39, 0.29) is 27.8 Å². The number of esters is 1. The van der Waals surface area contributed by atoms with Gasteiger partial charge in [0.15, 0.2) is 0 Å². The SMILES string of the molecule is CCOC(=O)c1c(NC(=O)c2ccc(Cl)cc2NS(=O)(=O)c2ccc(C)cc2)sc2c1CCCC2. The van der Waals surface area contributed by atoms with Crippen molar-refractivity contribution >= 4 is 55.5 Å². The fourth-order valence-electron chi connectivity index (χ4n) is 3.96. The Balaban J connectivity index is 1.67. The van der Waals surface area contributed by atoms with Crippen LogP contribution in [0.2, 0.25) is 5.02 Å². The number of carbonyl (C=O) groups is 2. The van der Waals surface area contributed by atoms with Crippen molar-refractivity contribution in [3.05, 3.63) is 74.6 Å². The summed E-state index contributed by atoms with van der Waals surface area (Å²) < 4.78 is 33.6. The first-order valence-electron chi connectivity index (χ1n) is 11.2. The number of halogens is 1. The molecule has 1 aliphatic carbocycles. The molecule has 10 heteroatoms. The minimum Gasteiger partial charge on any atom is -0.462 e. The van der Waals surface area contributed by atoms with Crippen molar-refractivity contribution in [2.45, 2.75) is 44.4 Å². The molecule has 4 rings (SSSR count). The van der Waals surface area contributed by atoms with Crippen LogP contribution in [0.4, 0.5) is 10.7 Å². The van der Waals surface area contributed by atoms with Crippen LogP contribution in [0.1, 0.15) is 56.5 Å². The van der Waals surface area contributed by atoms with Gasteiger partial charge in [-0.2, -0.15) is 0 Å². The number of nitrogens with one attached hydrogen (secondary N) is 2. The highest BCUT2D eigenvalue weighted by molar-refractivity contribution is 7.92. The molecule has 0 fully saturated rings. The zero-order chi connectivity index (χ0) is 25.2. The van der Waals surface area contributed by atoms with Crippen molar-refractivity contribution in [1.29, 1.82) is 0 Å². The smallest absolute Gasteiger partial charge is 0.341 e. The van der Waals surface area contributed by atoms with E-state index < -0.39 is 21.9 Å². The number of carbonyl (C=O) groups excluding carboxylic acids is 2. The van der Waals surface area contributed by atoms with Crippen molar-refractivity contribution in [2.24, 2.45) is 0 Å². The lowest BCUT2D eigenvalue weighted by Crippen LogP contribution is -2.19. The van der Waals surface area contributed by atoms with Crippen LogP contribution in [0.3, 0.4) is 0 Å². The van der Waals surface area contributed by atoms with Gasteiger partial charge in [0.05, 0.1) is 28.3 Å². The number of fused-ring (bicyclic) bond motifs is 1. The van der Waals surface area contributed by atoms with Gasteiger partial charge in [-0.05, 0) is 75.4 Å². The summed E-state index contributed by atoms with van der Waals surface area (Å²) in [6, 6.07) is 10.7. The standard InChI is InChI=1S/C25H25ClN2O5S2/c1-3-33-25(30)22-19-6-4-5-7-21(19)34-24(22)27-23(29)18-13-10-16(26)14-20(18)28-35(31,32)17-11-8-15(2)9-12-17/h8-14,28H,3-7H2,1-2H3,(H,27,29). The third kappa shape index (κ3) is 5.52. The largest absolute Gasteiger partial charge is 0.462 e. The number of hydrogen-bond acceptors (Lipinski definition) is 6. The van der Waals surface area contributed by atoms with E-state index in [4.69, 9.17) is 16.3 Å². The number of ether oxygens (including phenoxy) is 1. The first-order valence-corrected chi connectivity index (χ1v) is 13.9. The number of hydrogen-bond donors (Lipinski definition) is 2. The summed E-state index contributed by atoms with van der Waals surface area (Å²) in [5.41, 5.74) is 2.34. The zero-order valence-electron chi connectivity index (χ0n) is 19.3. The lowest BCUT2D eigenvalue weighted by molar-refractivity contribution is 0.0526. The summed E-state index contributed by atoms with van der Waals surface area (Å²) in [4.78, 5) is 27.2. The summed E-state index contributed by atoms with van der Waals surface area (Å²) in [5, 5.41) is 3.49. The van der Waals surface area contributed by atoms with Gasteiger partial charge < -0.3 is 10.1 Å². The average molecular weight is 533 g/mol. The second kappa shape index (κ2) is 10.4. The molecule has 0 saturated heterocycles. The lowest BCUT2D eigenvalue weighted by atomic mass is 9.95. The van der Waals surface area contributed by atoms with Crippen LogP contribution in [0, 0.1) is 6.92 Å². The monoisotopic (exact) mass is 532 g/mol. The number of aryl methyl sites for hydroxylation is 2. The van der Waals surface area contributed by atoms with Crippen molar-refractivity contribution in [3.8, 4) is 0 Å². The third-order valence-electron chi connectivity index (χ3n) is 5.68. The zero-order valence-corrected chi connectivity index (χ0v) is 21.7. The predicted octanol–water partition coefficient (Wildman–Crippen LogP) is 5.82. The summed E-state index contributed by atoms with van der Waals surface area (Å²) >= 11 is 7.48. The van der Waals surface area contributed by atoms with Gasteiger partial charge in [-0.25, -0.2) is 13.2 Å². The summed E-state index contributed by atoms with van der Waals surface area (Å²) in [6.45, 7) is 3.81. The van der Waals surface area contributed by atoms with Crippen LogP contribution in [0.15, 0.2) is 47.4 Å². The third-order valence-corrected chi connectivity index (χ3v) is 8.50. The van der Waals surface area contributed by atoms with E-state index in [0.29, 0.717) is 10.6 Å². The molecule has 0 bridgehead atoms. The van der Waals surface area contributed by atoms with Crippen molar-refractivity contribution in [3.63, 3.8) is 0 Å². The number of amides is 1. The van der Waals surface area contributed by atoms with Crippen molar-refractivity contribution in [1.82, 2.24) is 0 Å². The van der Waals surface area contributed by atoms with Crippen LogP contribution < -0.4 is 10.0 Å². The Bertz CT molecular complexity index is 1380. The highest BCUT2D eigenvalue weighted by Crippen LogP contribution is 2.39. The number of benzene rings is 2. The highest BCUT2D eigenvalue weighted by atomic mass is 35.5. The van der Waals surface area contributed by atoms with Crippen LogP contribution in [-0.2, 0) is 27.6 Å². The van der Waals surface area contributed by atoms with E-state index in [1.807, 2.05) is 6.92 Å². The summed E-state index contributed by atoms with van der Waals surface area (Å²) in [7, 11) is -3.97. The van der Waals surface area contributed by atoms with E-state index in [1.165, 1.54) is 41.7 Å². The molecule has 3 aromatic rings. The van der Waals surface area contributed by atoms with Gasteiger partial charge in [0.2, 0.25) is 0 Å². The molecule has 1 heterocycles. The van der Waals surface area contributed by atoms with Crippen LogP contribution in [-0.4, -0.2) is 26.9 Å². The summed E-state index contributed by atoms with van der Waals surface area (Å²) in [6.07, 6.45) is 3.57. The minimum absolute atomic E-state index is 0.0366. The molecule has 1 aromatic heterocycles. The molecule has 1 aliphatic rings. The number of thiophene rings is 1. The second-order valence-electron chi connectivity index (χ2n) is 8.20. The maximum Gasteiger partial charge on any atom is 0.341 e. The molecule has 1 amide bonds. The van der Waals surface area contributed by atoms with Gasteiger partial charge in [0.25, 0.3) is 15.9 Å². The van der Waals surface area contributed by atoms with E-state index in [0.717, 1.165) is 41.7 Å². The molecule has 2 aromatic carbocycles. The fraction of sp³-hybridized carbons (Fsp3) is 0.280. The molecule has 0 aliphatic heterocycles. The molecule has 7 nitrogen and oxygen atoms in total. The van der Waals surface area contributed by atoms with Crippen molar-refractivity contribution in [2.75, 3.05) is 16.6 Å². The summed E-state index contributed by atoms with van der Waals surface area (Å²) in [5.74, 6) is -1.04. The number of anilines is 2. The van der Waals surface area contributed by atoms with E-state index in [1.54, 1.807) is 19.1 Å². The maximum atomic E-state index is 13.3. The molecule has 0 radical (unpaired) electrons. The Morgan fingerprint density at radius 2 is 1.80 bits per heavy atom. The Labute approximate surface area is 213 Å². The molecule has 0 spiro atoms. The molecule has 184 valence electrons. The molecular weight excluding hydrogens is 508 g/mol. The quantitative estimate of drug-likeness (QED) is 0.373. The topological polar surface area (TPSA) is 102 Å². The minimum atomic E-state index is -3.97. The normalized spacial score (nSPS) is 13.1. The molecular formula is C25H25ClN2O5S2. The fourth-order valence-corrected chi connectivity index (χ4v) is 6.48. The molecule has 35 heavy (non-hydrogen) atoms. The van der Waals surface area contributed by atoms with E-state index >= 15 is 0 Å². The Morgan fingerprint density at radius 3 is 2.51 bits per heavy atom. The van der Waals surface area contributed by atoms with Crippen LogP contribution >= 0.6 is 22.9 Å². The van der Waals surface area contributed by atoms with Crippen LogP contribution in [0.5, 0.6) is 0 Å². The van der Waals surface area contributed by atoms with Gasteiger partial charge in [-0.1, -0.05) is 29.3 Å². The molecule has 0 atom stereocenters. The lowest BCUT2D eigenvalue weighted by Gasteiger charge is -2.14. The second-order valence-corrected chi connectivity index (χ2v) is 11.4. The maximum absolute atomic E-state index is 13.3. The van der Waals surface area contributed by atoms with Gasteiger partial charge in [-0.15, -0.1) is 11.3 Å². The van der Waals surface area contributed by atoms with E-state index in [2.05, 4.69) is 10.0 Å².